The number of nitrogens with zero attached hydrogens (tertiary/aromatic N) is 1. The largest absolute Gasteiger partial charge is 0.493 e. The minimum absolute atomic E-state index is 0.0426. The molecule has 5 rings (SSSR count). The Morgan fingerprint density at radius 1 is 1.21 bits per heavy atom. The normalized spacial score (nSPS) is 23.7. The van der Waals surface area contributed by atoms with E-state index >= 15 is 0 Å². The number of carbonyl (C=O) groups excluding carboxylic acids is 3. The highest BCUT2D eigenvalue weighted by Crippen LogP contribution is 2.51. The number of aldehydes is 1. The fourth-order valence-corrected chi connectivity index (χ4v) is 5.56. The molecule has 4 unspecified atom stereocenters. The topological polar surface area (TPSA) is 125 Å². The average molecular weight is 521 g/mol. The summed E-state index contributed by atoms with van der Waals surface area (Å²) in [6, 6.07) is 11.9. The lowest BCUT2D eigenvalue weighted by Crippen LogP contribution is -2.56. The van der Waals surface area contributed by atoms with Gasteiger partial charge in [-0.15, -0.1) is 0 Å². The summed E-state index contributed by atoms with van der Waals surface area (Å²) < 4.78 is 11.7. The standard InChI is InChI=1S/C29H32N2O7/c1-37-23-13-18(16-33)12-20-24-21(28(35)30-10-11-32)14-22(25(34)27(24)38-26(20)23)31(29(36)19-8-5-9-19)15-17-6-3-2-4-7-17/h2-4,6-7,12-14,16,19,22,24-25,27,32,34H,5,8-11,15H2,1H3,(H,30,35). The Kier molecular flexibility index (Phi) is 7.49. The number of benzene rings is 2. The number of ether oxygens (including phenoxy) is 2. The second-order valence-corrected chi connectivity index (χ2v) is 9.98. The van der Waals surface area contributed by atoms with Crippen molar-refractivity contribution >= 4 is 18.1 Å². The van der Waals surface area contributed by atoms with Crippen molar-refractivity contribution in [3.8, 4) is 11.5 Å². The zero-order valence-corrected chi connectivity index (χ0v) is 21.2. The van der Waals surface area contributed by atoms with E-state index in [2.05, 4.69) is 5.32 Å². The van der Waals surface area contributed by atoms with Gasteiger partial charge in [0, 0.05) is 35.7 Å². The summed E-state index contributed by atoms with van der Waals surface area (Å²) >= 11 is 0. The van der Waals surface area contributed by atoms with E-state index in [1.807, 2.05) is 30.3 Å². The molecule has 0 aromatic heterocycles. The van der Waals surface area contributed by atoms with Gasteiger partial charge in [-0.1, -0.05) is 36.8 Å². The van der Waals surface area contributed by atoms with Crippen molar-refractivity contribution in [2.75, 3.05) is 20.3 Å². The van der Waals surface area contributed by atoms with Gasteiger partial charge in [-0.3, -0.25) is 14.4 Å². The van der Waals surface area contributed by atoms with Crippen LogP contribution in [0.25, 0.3) is 0 Å². The molecule has 3 aliphatic rings. The Balaban J connectivity index is 1.59. The molecule has 9 nitrogen and oxygen atoms in total. The Morgan fingerprint density at radius 2 is 1.97 bits per heavy atom. The first-order valence-corrected chi connectivity index (χ1v) is 12.9. The van der Waals surface area contributed by atoms with Gasteiger partial charge in [-0.05, 0) is 36.6 Å². The fourth-order valence-electron chi connectivity index (χ4n) is 5.56. The molecule has 2 aromatic rings. The molecule has 0 spiro atoms. The second-order valence-electron chi connectivity index (χ2n) is 9.98. The molecule has 1 fully saturated rings. The fraction of sp³-hybridized carbons (Fsp3) is 0.414. The molecule has 2 aromatic carbocycles. The summed E-state index contributed by atoms with van der Waals surface area (Å²) in [4.78, 5) is 40.3. The lowest BCUT2D eigenvalue weighted by atomic mass is 9.76. The van der Waals surface area contributed by atoms with E-state index in [1.165, 1.54) is 7.11 Å². The summed E-state index contributed by atoms with van der Waals surface area (Å²) in [5.41, 5.74) is 2.12. The van der Waals surface area contributed by atoms with Crippen LogP contribution in [0.2, 0.25) is 0 Å². The highest BCUT2D eigenvalue weighted by molar-refractivity contribution is 5.96. The van der Waals surface area contributed by atoms with Gasteiger partial charge in [0.25, 0.3) is 0 Å². The lowest BCUT2D eigenvalue weighted by Gasteiger charge is -2.42. The molecular formula is C29H32N2O7. The molecule has 4 atom stereocenters. The summed E-state index contributed by atoms with van der Waals surface area (Å²) in [5.74, 6) is -0.640. The van der Waals surface area contributed by atoms with Crippen LogP contribution in [0.3, 0.4) is 0 Å². The first-order valence-electron chi connectivity index (χ1n) is 12.9. The number of amides is 2. The van der Waals surface area contributed by atoms with Crippen molar-refractivity contribution in [3.63, 3.8) is 0 Å². The quantitative estimate of drug-likeness (QED) is 0.432. The third kappa shape index (κ3) is 4.68. The number of carbonyl (C=O) groups is 3. The monoisotopic (exact) mass is 520 g/mol. The molecule has 1 saturated carbocycles. The maximum Gasteiger partial charge on any atom is 0.247 e. The van der Waals surface area contributed by atoms with Crippen molar-refractivity contribution < 1.29 is 34.1 Å². The van der Waals surface area contributed by atoms with E-state index in [4.69, 9.17) is 9.47 Å². The molecule has 2 amide bonds. The van der Waals surface area contributed by atoms with E-state index in [9.17, 15) is 24.6 Å². The molecule has 0 saturated heterocycles. The molecule has 1 heterocycles. The summed E-state index contributed by atoms with van der Waals surface area (Å²) in [7, 11) is 1.46. The van der Waals surface area contributed by atoms with Crippen LogP contribution in [0.15, 0.2) is 54.1 Å². The first kappa shape index (κ1) is 25.9. The van der Waals surface area contributed by atoms with E-state index < -0.39 is 30.1 Å². The number of methoxy groups -OCH3 is 1. The van der Waals surface area contributed by atoms with Gasteiger partial charge in [0.2, 0.25) is 11.8 Å². The van der Waals surface area contributed by atoms with Gasteiger partial charge in [0.1, 0.15) is 18.5 Å². The summed E-state index contributed by atoms with van der Waals surface area (Å²) in [5, 5.41) is 23.7. The highest BCUT2D eigenvalue weighted by atomic mass is 16.5. The van der Waals surface area contributed by atoms with Gasteiger partial charge in [-0.25, -0.2) is 0 Å². The summed E-state index contributed by atoms with van der Waals surface area (Å²) in [6.07, 6.45) is 2.86. The molecule has 200 valence electrons. The molecule has 2 aliphatic carbocycles. The van der Waals surface area contributed by atoms with Crippen molar-refractivity contribution in [1.82, 2.24) is 10.2 Å². The number of hydrogen-bond donors (Lipinski definition) is 3. The predicted octanol–water partition coefficient (Wildman–Crippen LogP) is 1.96. The van der Waals surface area contributed by atoms with Crippen molar-refractivity contribution in [2.24, 2.45) is 5.92 Å². The van der Waals surface area contributed by atoms with Crippen LogP contribution in [0, 0.1) is 5.92 Å². The molecule has 1 aliphatic heterocycles. The Labute approximate surface area is 221 Å². The lowest BCUT2D eigenvalue weighted by molar-refractivity contribution is -0.145. The first-order chi connectivity index (χ1) is 18.5. The van der Waals surface area contributed by atoms with Gasteiger partial charge in [-0.2, -0.15) is 0 Å². The predicted molar refractivity (Wildman–Crippen MR) is 138 cm³/mol. The SMILES string of the molecule is COc1cc(C=O)cc2c1OC1C2C(C(=O)NCCO)=CC(N(Cc2ccccc2)C(=O)C2CCC2)C1O. The van der Waals surface area contributed by atoms with Crippen LogP contribution < -0.4 is 14.8 Å². The second kappa shape index (κ2) is 11.0. The van der Waals surface area contributed by atoms with Crippen LogP contribution in [-0.2, 0) is 16.1 Å². The molecule has 3 N–H and O–H groups in total. The van der Waals surface area contributed by atoms with E-state index in [0.29, 0.717) is 34.5 Å². The highest BCUT2D eigenvalue weighted by Gasteiger charge is 2.52. The van der Waals surface area contributed by atoms with Gasteiger partial charge in [0.05, 0.1) is 25.7 Å². The maximum atomic E-state index is 13.7. The van der Waals surface area contributed by atoms with Crippen molar-refractivity contribution in [2.45, 2.75) is 50.0 Å². The zero-order valence-electron chi connectivity index (χ0n) is 21.2. The van der Waals surface area contributed by atoms with Crippen molar-refractivity contribution in [3.05, 3.63) is 70.8 Å². The van der Waals surface area contributed by atoms with Gasteiger partial charge < -0.3 is 29.9 Å². The van der Waals surface area contributed by atoms with Crippen LogP contribution >= 0.6 is 0 Å². The number of hydrogen-bond acceptors (Lipinski definition) is 7. The van der Waals surface area contributed by atoms with Gasteiger partial charge >= 0.3 is 0 Å². The maximum absolute atomic E-state index is 13.7. The van der Waals surface area contributed by atoms with Gasteiger partial charge in [0.15, 0.2) is 11.5 Å². The van der Waals surface area contributed by atoms with Crippen LogP contribution in [0.1, 0.15) is 46.7 Å². The number of rotatable bonds is 9. The summed E-state index contributed by atoms with van der Waals surface area (Å²) in [6.45, 7) is 0.0689. The number of nitrogens with one attached hydrogen (secondary N) is 1. The Morgan fingerprint density at radius 3 is 2.61 bits per heavy atom. The van der Waals surface area contributed by atoms with Crippen molar-refractivity contribution in [1.29, 1.82) is 0 Å². The molecular weight excluding hydrogens is 488 g/mol. The minimum Gasteiger partial charge on any atom is -0.493 e. The number of aliphatic hydroxyl groups excluding tert-OH is 2. The smallest absolute Gasteiger partial charge is 0.247 e. The third-order valence-electron chi connectivity index (χ3n) is 7.70. The van der Waals surface area contributed by atoms with E-state index in [0.717, 1.165) is 24.8 Å². The van der Waals surface area contributed by atoms with E-state index in [-0.39, 0.29) is 31.5 Å². The van der Waals surface area contributed by atoms with Crippen LogP contribution in [-0.4, -0.2) is 71.7 Å². The average Bonchev–Trinajstić information content (AvgIpc) is 3.30. The number of aliphatic hydroxyl groups is 2. The zero-order chi connectivity index (χ0) is 26.8. The molecule has 0 bridgehead atoms. The Bertz CT molecular complexity index is 1240. The molecule has 38 heavy (non-hydrogen) atoms. The minimum atomic E-state index is -1.15. The van der Waals surface area contributed by atoms with Crippen LogP contribution in [0.4, 0.5) is 0 Å². The Hall–Kier alpha value is -3.69. The van der Waals surface area contributed by atoms with E-state index in [1.54, 1.807) is 23.1 Å². The third-order valence-corrected chi connectivity index (χ3v) is 7.70. The molecule has 0 radical (unpaired) electrons. The molecule has 9 heteroatoms. The number of fused-ring (bicyclic) bond motifs is 3. The van der Waals surface area contributed by atoms with Crippen LogP contribution in [0.5, 0.6) is 11.5 Å².